The number of amides is 1. The van der Waals surface area contributed by atoms with Crippen LogP contribution in [0.15, 0.2) is 48.5 Å². The number of carboxylic acid groups (broad SMARTS) is 1. The van der Waals surface area contributed by atoms with E-state index in [2.05, 4.69) is 0 Å². The molecule has 0 aliphatic rings. The molecule has 0 bridgehead atoms. The fraction of sp³-hybridized carbons (Fsp3) is 0.0667. The lowest BCUT2D eigenvalue weighted by Gasteiger charge is -2.18. The third kappa shape index (κ3) is 2.51. The van der Waals surface area contributed by atoms with Crippen molar-refractivity contribution in [2.75, 3.05) is 11.9 Å². The van der Waals surface area contributed by atoms with Crippen molar-refractivity contribution in [1.29, 1.82) is 0 Å². The number of carboxylic acids is 1. The zero-order chi connectivity index (χ0) is 14.7. The van der Waals surface area contributed by atoms with Crippen LogP contribution in [-0.2, 0) is 0 Å². The molecule has 2 aromatic carbocycles. The summed E-state index contributed by atoms with van der Waals surface area (Å²) in [7, 11) is 1.40. The first kappa shape index (κ1) is 13.7. The fourth-order valence-corrected chi connectivity index (χ4v) is 1.87. The van der Waals surface area contributed by atoms with Gasteiger partial charge in [0.2, 0.25) is 0 Å². The van der Waals surface area contributed by atoms with E-state index in [0.717, 1.165) is 4.90 Å². The molecule has 0 aliphatic carbocycles. The van der Waals surface area contributed by atoms with Crippen molar-refractivity contribution >= 4 is 17.6 Å². The van der Waals surface area contributed by atoms with Crippen molar-refractivity contribution in [2.24, 2.45) is 0 Å². The Balaban J connectivity index is 2.42. The minimum Gasteiger partial charge on any atom is -0.478 e. The largest absolute Gasteiger partial charge is 0.478 e. The Labute approximate surface area is 115 Å². The van der Waals surface area contributed by atoms with Crippen LogP contribution in [-0.4, -0.2) is 24.0 Å². The maximum Gasteiger partial charge on any atom is 0.336 e. The van der Waals surface area contributed by atoms with E-state index < -0.39 is 17.7 Å². The van der Waals surface area contributed by atoms with Gasteiger partial charge in [0.05, 0.1) is 16.8 Å². The lowest BCUT2D eigenvalue weighted by atomic mass is 10.1. The molecule has 5 heteroatoms. The Hall–Kier alpha value is -2.69. The van der Waals surface area contributed by atoms with Crippen LogP contribution in [0.2, 0.25) is 0 Å². The van der Waals surface area contributed by atoms with Gasteiger partial charge in [0.25, 0.3) is 5.91 Å². The summed E-state index contributed by atoms with van der Waals surface area (Å²) < 4.78 is 13.7. The van der Waals surface area contributed by atoms with Crippen molar-refractivity contribution in [2.45, 2.75) is 0 Å². The molecule has 2 aromatic rings. The molecule has 0 aromatic heterocycles. The smallest absolute Gasteiger partial charge is 0.336 e. The molecule has 4 nitrogen and oxygen atoms in total. The number of hydrogen-bond acceptors (Lipinski definition) is 2. The van der Waals surface area contributed by atoms with Crippen LogP contribution in [0.3, 0.4) is 0 Å². The van der Waals surface area contributed by atoms with E-state index in [0.29, 0.717) is 0 Å². The Morgan fingerprint density at radius 1 is 1.00 bits per heavy atom. The van der Waals surface area contributed by atoms with Gasteiger partial charge in [-0.3, -0.25) is 4.79 Å². The maximum absolute atomic E-state index is 13.7. The second-order valence-corrected chi connectivity index (χ2v) is 4.17. The molecule has 0 unspecified atom stereocenters. The Kier molecular flexibility index (Phi) is 3.79. The monoisotopic (exact) mass is 273 g/mol. The molecule has 0 spiro atoms. The van der Waals surface area contributed by atoms with E-state index in [1.54, 1.807) is 12.1 Å². The molecule has 20 heavy (non-hydrogen) atoms. The van der Waals surface area contributed by atoms with E-state index in [1.807, 2.05) is 0 Å². The Morgan fingerprint density at radius 3 is 2.15 bits per heavy atom. The van der Waals surface area contributed by atoms with Gasteiger partial charge in [0, 0.05) is 7.05 Å². The molecular weight excluding hydrogens is 261 g/mol. The van der Waals surface area contributed by atoms with Gasteiger partial charge in [-0.2, -0.15) is 0 Å². The predicted octanol–water partition coefficient (Wildman–Crippen LogP) is 2.80. The van der Waals surface area contributed by atoms with Crippen LogP contribution in [0.25, 0.3) is 0 Å². The summed E-state index contributed by atoms with van der Waals surface area (Å²) in [6.07, 6.45) is 0. The van der Waals surface area contributed by atoms with E-state index in [-0.39, 0.29) is 16.8 Å². The highest BCUT2D eigenvalue weighted by molar-refractivity contribution is 6.11. The van der Waals surface area contributed by atoms with Gasteiger partial charge in [-0.1, -0.05) is 24.3 Å². The second kappa shape index (κ2) is 5.52. The lowest BCUT2D eigenvalue weighted by molar-refractivity contribution is 0.0692. The summed E-state index contributed by atoms with van der Waals surface area (Å²) in [5.74, 6) is -2.32. The molecule has 0 atom stereocenters. The normalized spacial score (nSPS) is 10.1. The number of carbonyl (C=O) groups is 2. The van der Waals surface area contributed by atoms with Crippen molar-refractivity contribution in [3.63, 3.8) is 0 Å². The molecule has 0 saturated heterocycles. The molecule has 0 fully saturated rings. The van der Waals surface area contributed by atoms with Gasteiger partial charge >= 0.3 is 5.97 Å². The highest BCUT2D eigenvalue weighted by atomic mass is 19.1. The maximum atomic E-state index is 13.7. The van der Waals surface area contributed by atoms with Crippen molar-refractivity contribution in [3.8, 4) is 0 Å². The number of halogens is 1. The number of benzene rings is 2. The van der Waals surface area contributed by atoms with Crippen LogP contribution in [0.5, 0.6) is 0 Å². The number of anilines is 1. The molecule has 2 rings (SSSR count). The molecule has 0 heterocycles. The minimum atomic E-state index is -1.20. The quantitative estimate of drug-likeness (QED) is 0.935. The summed E-state index contributed by atoms with van der Waals surface area (Å²) >= 11 is 0. The summed E-state index contributed by atoms with van der Waals surface area (Å²) in [5, 5.41) is 9.08. The molecule has 0 aliphatic heterocycles. The SMILES string of the molecule is CN(C(=O)c1ccccc1C(=O)O)c1ccccc1F. The number of hydrogen-bond donors (Lipinski definition) is 1. The third-order valence-electron chi connectivity index (χ3n) is 2.91. The summed E-state index contributed by atoms with van der Waals surface area (Å²) in [6, 6.07) is 11.7. The first-order valence-corrected chi connectivity index (χ1v) is 5.87. The van der Waals surface area contributed by atoms with Crippen molar-refractivity contribution in [3.05, 3.63) is 65.5 Å². The first-order valence-electron chi connectivity index (χ1n) is 5.87. The fourth-order valence-electron chi connectivity index (χ4n) is 1.87. The lowest BCUT2D eigenvalue weighted by Crippen LogP contribution is -2.28. The molecule has 102 valence electrons. The van der Waals surface area contributed by atoms with Gasteiger partial charge < -0.3 is 10.0 Å². The highest BCUT2D eigenvalue weighted by Crippen LogP contribution is 2.20. The number of aromatic carboxylic acids is 1. The summed E-state index contributed by atoms with van der Waals surface area (Å²) in [6.45, 7) is 0. The van der Waals surface area contributed by atoms with E-state index in [9.17, 15) is 14.0 Å². The van der Waals surface area contributed by atoms with E-state index in [4.69, 9.17) is 5.11 Å². The minimum absolute atomic E-state index is 0.0192. The Bertz CT molecular complexity index is 670. The van der Waals surface area contributed by atoms with Gasteiger partial charge in [0.1, 0.15) is 5.82 Å². The highest BCUT2D eigenvalue weighted by Gasteiger charge is 2.21. The molecule has 0 radical (unpaired) electrons. The Morgan fingerprint density at radius 2 is 1.55 bits per heavy atom. The molecule has 1 amide bonds. The van der Waals surface area contributed by atoms with E-state index in [1.165, 1.54) is 43.4 Å². The van der Waals surface area contributed by atoms with Gasteiger partial charge in [-0.15, -0.1) is 0 Å². The van der Waals surface area contributed by atoms with Gasteiger partial charge in [-0.25, -0.2) is 9.18 Å². The average molecular weight is 273 g/mol. The molecule has 1 N–H and O–H groups in total. The topological polar surface area (TPSA) is 57.6 Å². The zero-order valence-electron chi connectivity index (χ0n) is 10.7. The number of nitrogens with zero attached hydrogens (tertiary/aromatic N) is 1. The number of carbonyl (C=O) groups excluding carboxylic acids is 1. The number of rotatable bonds is 3. The van der Waals surface area contributed by atoms with Gasteiger partial charge in [-0.05, 0) is 24.3 Å². The van der Waals surface area contributed by atoms with E-state index >= 15 is 0 Å². The summed E-state index contributed by atoms with van der Waals surface area (Å²) in [5.41, 5.74) is 0.00383. The second-order valence-electron chi connectivity index (χ2n) is 4.17. The molecular formula is C15H12FNO3. The van der Waals surface area contributed by atoms with Crippen LogP contribution in [0, 0.1) is 5.82 Å². The van der Waals surface area contributed by atoms with Crippen LogP contribution in [0.1, 0.15) is 20.7 Å². The van der Waals surface area contributed by atoms with Crippen molar-refractivity contribution in [1.82, 2.24) is 0 Å². The zero-order valence-corrected chi connectivity index (χ0v) is 10.7. The summed E-state index contributed by atoms with van der Waals surface area (Å²) in [4.78, 5) is 24.5. The van der Waals surface area contributed by atoms with Crippen LogP contribution < -0.4 is 4.90 Å². The molecule has 0 saturated carbocycles. The standard InChI is InChI=1S/C15H12FNO3/c1-17(13-9-5-4-8-12(13)16)14(18)10-6-2-3-7-11(10)15(19)20/h2-9H,1H3,(H,19,20). The van der Waals surface area contributed by atoms with Crippen LogP contribution >= 0.6 is 0 Å². The predicted molar refractivity (Wildman–Crippen MR) is 72.5 cm³/mol. The van der Waals surface area contributed by atoms with Crippen molar-refractivity contribution < 1.29 is 19.1 Å². The average Bonchev–Trinajstić information content (AvgIpc) is 2.46. The first-order chi connectivity index (χ1) is 9.52. The number of para-hydroxylation sites is 1. The van der Waals surface area contributed by atoms with Crippen LogP contribution in [0.4, 0.5) is 10.1 Å². The van der Waals surface area contributed by atoms with Gasteiger partial charge in [0.15, 0.2) is 0 Å². The third-order valence-corrected chi connectivity index (χ3v) is 2.91.